The number of likely N-dealkylation sites (N-methyl/N-ethyl adjacent to an activating group) is 1. The van der Waals surface area contributed by atoms with Gasteiger partial charge in [-0.05, 0) is 49.2 Å². The van der Waals surface area contributed by atoms with E-state index in [1.54, 1.807) is 6.07 Å². The molecule has 0 radical (unpaired) electrons. The lowest BCUT2D eigenvalue weighted by Crippen LogP contribution is -2.34. The molecule has 27 heavy (non-hydrogen) atoms. The first-order chi connectivity index (χ1) is 12.9. The Kier molecular flexibility index (Phi) is 5.88. The Morgan fingerprint density at radius 3 is 2.56 bits per heavy atom. The number of para-hydroxylation sites is 1. The first-order valence-corrected chi connectivity index (χ1v) is 10.1. The highest BCUT2D eigenvalue weighted by atomic mass is 32.2. The number of nitrogens with one attached hydrogen (secondary N) is 1. The Morgan fingerprint density at radius 2 is 1.93 bits per heavy atom. The zero-order valence-electron chi connectivity index (χ0n) is 14.9. The summed E-state index contributed by atoms with van der Waals surface area (Å²) in [7, 11) is -2.16. The van der Waals surface area contributed by atoms with Crippen molar-refractivity contribution in [2.75, 3.05) is 25.5 Å². The minimum Gasteiger partial charge on any atom is -0.377 e. The lowest BCUT2D eigenvalue weighted by molar-refractivity contribution is 0.0979. The Balaban J connectivity index is 1.70. The normalized spacial score (nSPS) is 17.2. The van der Waals surface area contributed by atoms with Gasteiger partial charge in [0.2, 0.25) is 10.0 Å². The lowest BCUT2D eigenvalue weighted by atomic mass is 10.2. The fourth-order valence-electron chi connectivity index (χ4n) is 2.89. The van der Waals surface area contributed by atoms with Crippen molar-refractivity contribution in [3.05, 3.63) is 59.9 Å². The van der Waals surface area contributed by atoms with Gasteiger partial charge in [-0.3, -0.25) is 4.79 Å². The van der Waals surface area contributed by atoms with Gasteiger partial charge in [0.05, 0.1) is 16.7 Å². The summed E-state index contributed by atoms with van der Waals surface area (Å²) in [5.74, 6) is -1.06. The molecule has 2 aromatic rings. The van der Waals surface area contributed by atoms with Crippen LogP contribution in [-0.4, -0.2) is 44.9 Å². The molecule has 0 aromatic heterocycles. The number of anilines is 1. The number of sulfonamides is 1. The van der Waals surface area contributed by atoms with Gasteiger partial charge in [0.15, 0.2) is 0 Å². The number of rotatable bonds is 6. The topological polar surface area (TPSA) is 75.7 Å². The van der Waals surface area contributed by atoms with Crippen LogP contribution >= 0.6 is 0 Å². The number of halogens is 1. The van der Waals surface area contributed by atoms with Crippen LogP contribution in [-0.2, 0) is 14.8 Å². The molecule has 1 aliphatic heterocycles. The quantitative estimate of drug-likeness (QED) is 0.820. The second-order valence-corrected chi connectivity index (χ2v) is 8.42. The number of amides is 1. The van der Waals surface area contributed by atoms with Gasteiger partial charge in [-0.1, -0.05) is 12.1 Å². The van der Waals surface area contributed by atoms with Gasteiger partial charge in [0.25, 0.3) is 5.91 Å². The second-order valence-electron chi connectivity index (χ2n) is 6.38. The molecular formula is C19H21FN2O4S. The number of benzene rings is 2. The van der Waals surface area contributed by atoms with E-state index in [4.69, 9.17) is 4.74 Å². The largest absolute Gasteiger partial charge is 0.377 e. The number of carbonyl (C=O) groups is 1. The van der Waals surface area contributed by atoms with Crippen LogP contribution in [0, 0.1) is 5.82 Å². The highest BCUT2D eigenvalue weighted by Crippen LogP contribution is 2.20. The average molecular weight is 392 g/mol. The molecular weight excluding hydrogens is 371 g/mol. The third-order valence-corrected chi connectivity index (χ3v) is 6.27. The molecule has 144 valence electrons. The number of ether oxygens (including phenoxy) is 1. The molecule has 1 fully saturated rings. The molecule has 6 nitrogen and oxygen atoms in total. The van der Waals surface area contributed by atoms with E-state index in [9.17, 15) is 17.6 Å². The molecule has 0 spiro atoms. The van der Waals surface area contributed by atoms with Gasteiger partial charge in [-0.15, -0.1) is 0 Å². The number of nitrogens with zero attached hydrogens (tertiary/aromatic N) is 1. The second kappa shape index (κ2) is 8.16. The van der Waals surface area contributed by atoms with Crippen molar-refractivity contribution in [3.63, 3.8) is 0 Å². The van der Waals surface area contributed by atoms with Crippen molar-refractivity contribution in [2.45, 2.75) is 23.8 Å². The molecule has 1 heterocycles. The summed E-state index contributed by atoms with van der Waals surface area (Å²) in [6.45, 7) is 0.947. The van der Waals surface area contributed by atoms with Crippen molar-refractivity contribution in [3.8, 4) is 0 Å². The van der Waals surface area contributed by atoms with E-state index < -0.39 is 21.7 Å². The van der Waals surface area contributed by atoms with Crippen LogP contribution in [0.2, 0.25) is 0 Å². The number of hydrogen-bond acceptors (Lipinski definition) is 4. The van der Waals surface area contributed by atoms with Crippen molar-refractivity contribution in [2.24, 2.45) is 0 Å². The molecule has 2 aromatic carbocycles. The molecule has 8 heteroatoms. The highest BCUT2D eigenvalue weighted by molar-refractivity contribution is 7.89. The molecule has 1 atom stereocenters. The zero-order chi connectivity index (χ0) is 19.4. The van der Waals surface area contributed by atoms with E-state index in [0.717, 1.165) is 12.8 Å². The van der Waals surface area contributed by atoms with Gasteiger partial charge < -0.3 is 10.1 Å². The van der Waals surface area contributed by atoms with Crippen molar-refractivity contribution >= 4 is 21.6 Å². The van der Waals surface area contributed by atoms with Gasteiger partial charge >= 0.3 is 0 Å². The first-order valence-electron chi connectivity index (χ1n) is 8.62. The zero-order valence-corrected chi connectivity index (χ0v) is 15.7. The van der Waals surface area contributed by atoms with E-state index in [1.165, 1.54) is 53.8 Å². The summed E-state index contributed by atoms with van der Waals surface area (Å²) in [4.78, 5) is 12.3. The van der Waals surface area contributed by atoms with E-state index >= 15 is 0 Å². The predicted octanol–water partition coefficient (Wildman–Crippen LogP) is 2.88. The van der Waals surface area contributed by atoms with Crippen molar-refractivity contribution < 1.29 is 22.3 Å². The van der Waals surface area contributed by atoms with Gasteiger partial charge in [-0.25, -0.2) is 12.8 Å². The standard InChI is InChI=1S/C19H21FN2O4S/c1-22(13-15-5-4-12-26-15)27(24,25)16-10-8-14(9-11-16)19(23)21-18-7-3-2-6-17(18)20/h2-3,6-11,15H,4-5,12-13H2,1H3,(H,21,23)/t15-/m0/s1. The smallest absolute Gasteiger partial charge is 0.255 e. The number of carbonyl (C=O) groups excluding carboxylic acids is 1. The van der Waals surface area contributed by atoms with Crippen molar-refractivity contribution in [1.82, 2.24) is 4.31 Å². The van der Waals surface area contributed by atoms with Crippen LogP contribution in [0.15, 0.2) is 53.4 Å². The fourth-order valence-corrected chi connectivity index (χ4v) is 4.09. The van der Waals surface area contributed by atoms with E-state index in [-0.39, 0.29) is 28.8 Å². The predicted molar refractivity (Wildman–Crippen MR) is 99.6 cm³/mol. The Labute approximate surface area is 158 Å². The lowest BCUT2D eigenvalue weighted by Gasteiger charge is -2.20. The van der Waals surface area contributed by atoms with Crippen LogP contribution in [0.1, 0.15) is 23.2 Å². The van der Waals surface area contributed by atoms with E-state index in [2.05, 4.69) is 5.32 Å². The fraction of sp³-hybridized carbons (Fsp3) is 0.316. The maximum Gasteiger partial charge on any atom is 0.255 e. The molecule has 0 aliphatic carbocycles. The number of hydrogen-bond donors (Lipinski definition) is 1. The molecule has 1 saturated heterocycles. The summed E-state index contributed by atoms with van der Waals surface area (Å²) in [6.07, 6.45) is 1.69. The molecule has 0 unspecified atom stereocenters. The third-order valence-electron chi connectivity index (χ3n) is 4.43. The highest BCUT2D eigenvalue weighted by Gasteiger charge is 2.26. The third kappa shape index (κ3) is 4.52. The minimum atomic E-state index is -3.67. The van der Waals surface area contributed by atoms with Gasteiger partial charge in [0.1, 0.15) is 5.82 Å². The summed E-state index contributed by atoms with van der Waals surface area (Å²) in [5.41, 5.74) is 0.300. The molecule has 1 aliphatic rings. The van der Waals surface area contributed by atoms with Crippen LogP contribution < -0.4 is 5.32 Å². The van der Waals surface area contributed by atoms with Gasteiger partial charge in [0, 0.05) is 25.8 Å². The monoisotopic (exact) mass is 392 g/mol. The maximum absolute atomic E-state index is 13.6. The molecule has 3 rings (SSSR count). The van der Waals surface area contributed by atoms with Gasteiger partial charge in [-0.2, -0.15) is 4.31 Å². The SMILES string of the molecule is CN(C[C@@H]1CCCO1)S(=O)(=O)c1ccc(C(=O)Nc2ccccc2F)cc1. The Bertz CT molecular complexity index is 910. The first kappa shape index (κ1) is 19.5. The minimum absolute atomic E-state index is 0.0653. The molecule has 1 N–H and O–H groups in total. The summed E-state index contributed by atoms with van der Waals surface area (Å²) < 4.78 is 45.7. The molecule has 1 amide bonds. The van der Waals surface area contributed by atoms with Crippen LogP contribution in [0.3, 0.4) is 0 Å². The summed E-state index contributed by atoms with van der Waals surface area (Å²) >= 11 is 0. The van der Waals surface area contributed by atoms with Crippen molar-refractivity contribution in [1.29, 1.82) is 0 Å². The molecule has 0 saturated carbocycles. The van der Waals surface area contributed by atoms with Crippen LogP contribution in [0.25, 0.3) is 0 Å². The van der Waals surface area contributed by atoms with Crippen LogP contribution in [0.4, 0.5) is 10.1 Å². The molecule has 0 bridgehead atoms. The Hall–Kier alpha value is -2.29. The Morgan fingerprint density at radius 1 is 1.22 bits per heavy atom. The maximum atomic E-state index is 13.6. The van der Waals surface area contributed by atoms with E-state index in [0.29, 0.717) is 6.61 Å². The summed E-state index contributed by atoms with van der Waals surface area (Å²) in [5, 5.41) is 2.47. The average Bonchev–Trinajstić information content (AvgIpc) is 3.16. The van der Waals surface area contributed by atoms with Crippen LogP contribution in [0.5, 0.6) is 0 Å². The summed E-state index contributed by atoms with van der Waals surface area (Å²) in [6, 6.07) is 11.4. The van der Waals surface area contributed by atoms with E-state index in [1.807, 2.05) is 0 Å².